The van der Waals surface area contributed by atoms with Crippen molar-refractivity contribution in [3.05, 3.63) is 0 Å². The summed E-state index contributed by atoms with van der Waals surface area (Å²) in [6, 6.07) is -1.05. The second-order valence-corrected chi connectivity index (χ2v) is 5.49. The molecule has 102 valence electrons. The van der Waals surface area contributed by atoms with Gasteiger partial charge < -0.3 is 15.7 Å². The van der Waals surface area contributed by atoms with Crippen LogP contribution < -0.4 is 10.6 Å². The average Bonchev–Trinajstić information content (AvgIpc) is 3.03. The summed E-state index contributed by atoms with van der Waals surface area (Å²) in [5.41, 5.74) is 0. The Morgan fingerprint density at radius 3 is 2.39 bits per heavy atom. The monoisotopic (exact) mass is 254 g/mol. The van der Waals surface area contributed by atoms with Gasteiger partial charge >= 0.3 is 12.0 Å². The summed E-state index contributed by atoms with van der Waals surface area (Å²) in [6.07, 6.45) is 7.96. The number of carbonyl (C=O) groups excluding carboxylic acids is 1. The van der Waals surface area contributed by atoms with Crippen molar-refractivity contribution in [3.8, 4) is 0 Å². The summed E-state index contributed by atoms with van der Waals surface area (Å²) in [5.74, 6) is -0.0597. The minimum absolute atomic E-state index is 0.128. The molecular weight excluding hydrogens is 232 g/mol. The van der Waals surface area contributed by atoms with Crippen molar-refractivity contribution < 1.29 is 14.7 Å². The van der Waals surface area contributed by atoms with E-state index >= 15 is 0 Å². The summed E-state index contributed by atoms with van der Waals surface area (Å²) in [4.78, 5) is 22.5. The zero-order chi connectivity index (χ0) is 13.0. The normalized spacial score (nSPS) is 21.6. The Balaban J connectivity index is 1.62. The summed E-state index contributed by atoms with van der Waals surface area (Å²) < 4.78 is 0. The number of hydrogen-bond donors (Lipinski definition) is 3. The van der Waals surface area contributed by atoms with Crippen molar-refractivity contribution in [2.75, 3.05) is 6.54 Å². The van der Waals surface area contributed by atoms with E-state index in [2.05, 4.69) is 10.6 Å². The molecule has 3 N–H and O–H groups in total. The first-order valence-corrected chi connectivity index (χ1v) is 6.94. The third-order valence-corrected chi connectivity index (χ3v) is 3.96. The molecule has 0 bridgehead atoms. The molecule has 0 radical (unpaired) electrons. The number of hydrogen-bond acceptors (Lipinski definition) is 2. The average molecular weight is 254 g/mol. The van der Waals surface area contributed by atoms with Crippen LogP contribution >= 0.6 is 0 Å². The molecule has 2 rings (SSSR count). The number of rotatable bonds is 6. The predicted molar refractivity (Wildman–Crippen MR) is 67.3 cm³/mol. The molecular formula is C13H22N2O3. The van der Waals surface area contributed by atoms with Gasteiger partial charge in [0.2, 0.25) is 0 Å². The van der Waals surface area contributed by atoms with Gasteiger partial charge in [-0.05, 0) is 31.1 Å². The lowest BCUT2D eigenvalue weighted by Gasteiger charge is -2.15. The molecule has 18 heavy (non-hydrogen) atoms. The van der Waals surface area contributed by atoms with E-state index < -0.39 is 12.0 Å². The minimum Gasteiger partial charge on any atom is -0.480 e. The molecule has 1 atom stereocenters. The van der Waals surface area contributed by atoms with Crippen molar-refractivity contribution >= 4 is 12.0 Å². The van der Waals surface area contributed by atoms with E-state index in [4.69, 9.17) is 5.11 Å². The first-order chi connectivity index (χ1) is 8.66. The van der Waals surface area contributed by atoms with Gasteiger partial charge in [-0.25, -0.2) is 9.59 Å². The number of carboxylic acids is 1. The predicted octanol–water partition coefficient (Wildman–Crippen LogP) is 1.73. The first kappa shape index (κ1) is 13.2. The number of amides is 2. The largest absolute Gasteiger partial charge is 0.480 e. The maximum atomic E-state index is 11.6. The van der Waals surface area contributed by atoms with Crippen LogP contribution in [0, 0.1) is 11.8 Å². The maximum absolute atomic E-state index is 11.6. The number of urea groups is 1. The van der Waals surface area contributed by atoms with Gasteiger partial charge in [0.15, 0.2) is 0 Å². The van der Waals surface area contributed by atoms with Crippen LogP contribution in [0.1, 0.15) is 44.9 Å². The zero-order valence-electron chi connectivity index (χ0n) is 10.7. The molecule has 0 aliphatic heterocycles. The molecule has 5 heteroatoms. The van der Waals surface area contributed by atoms with E-state index in [1.165, 1.54) is 25.7 Å². The first-order valence-electron chi connectivity index (χ1n) is 6.94. The highest BCUT2D eigenvalue weighted by Crippen LogP contribution is 2.32. The standard InChI is InChI=1S/C13H22N2O3/c16-12(17)11(10-5-6-10)15-13(18)14-8-7-9-3-1-2-4-9/h9-11H,1-8H2,(H,16,17)(H2,14,15,18). The molecule has 1 unspecified atom stereocenters. The topological polar surface area (TPSA) is 78.4 Å². The lowest BCUT2D eigenvalue weighted by molar-refractivity contribution is -0.139. The molecule has 2 fully saturated rings. The molecule has 2 aliphatic rings. The third kappa shape index (κ3) is 3.89. The third-order valence-electron chi connectivity index (χ3n) is 3.96. The fourth-order valence-electron chi connectivity index (χ4n) is 2.69. The highest BCUT2D eigenvalue weighted by molar-refractivity contribution is 5.83. The molecule has 0 aromatic heterocycles. The summed E-state index contributed by atoms with van der Waals surface area (Å²) in [7, 11) is 0. The van der Waals surface area contributed by atoms with Gasteiger partial charge in [0.1, 0.15) is 6.04 Å². The van der Waals surface area contributed by atoms with Crippen LogP contribution in [-0.2, 0) is 4.79 Å². The summed E-state index contributed by atoms with van der Waals surface area (Å²) >= 11 is 0. The minimum atomic E-state index is -0.927. The molecule has 0 aromatic carbocycles. The van der Waals surface area contributed by atoms with Crippen molar-refractivity contribution in [1.82, 2.24) is 10.6 Å². The Labute approximate surface area is 107 Å². The van der Waals surface area contributed by atoms with E-state index in [-0.39, 0.29) is 11.9 Å². The van der Waals surface area contributed by atoms with Crippen molar-refractivity contribution in [2.24, 2.45) is 11.8 Å². The van der Waals surface area contributed by atoms with Gasteiger partial charge in [-0.15, -0.1) is 0 Å². The molecule has 5 nitrogen and oxygen atoms in total. The van der Waals surface area contributed by atoms with Gasteiger partial charge in [-0.1, -0.05) is 25.7 Å². The Morgan fingerprint density at radius 1 is 1.17 bits per heavy atom. The molecule has 2 amide bonds. The van der Waals surface area contributed by atoms with E-state index in [0.29, 0.717) is 6.54 Å². The molecule has 0 saturated heterocycles. The molecule has 2 aliphatic carbocycles. The highest BCUT2D eigenvalue weighted by atomic mass is 16.4. The second-order valence-electron chi connectivity index (χ2n) is 5.49. The van der Waals surface area contributed by atoms with E-state index in [1.54, 1.807) is 0 Å². The number of carboxylic acid groups (broad SMARTS) is 1. The van der Waals surface area contributed by atoms with Gasteiger partial charge in [0, 0.05) is 6.54 Å². The van der Waals surface area contributed by atoms with Crippen molar-refractivity contribution in [2.45, 2.75) is 51.0 Å². The lowest BCUT2D eigenvalue weighted by Crippen LogP contribution is -2.47. The quantitative estimate of drug-likeness (QED) is 0.675. The van der Waals surface area contributed by atoms with Gasteiger partial charge in [-0.3, -0.25) is 0 Å². The zero-order valence-corrected chi connectivity index (χ0v) is 10.7. The number of aliphatic carboxylic acids is 1. The Hall–Kier alpha value is -1.26. The van der Waals surface area contributed by atoms with Crippen LogP contribution in [-0.4, -0.2) is 29.7 Å². The number of nitrogens with one attached hydrogen (secondary N) is 2. The van der Waals surface area contributed by atoms with E-state index in [9.17, 15) is 9.59 Å². The van der Waals surface area contributed by atoms with Gasteiger partial charge in [0.25, 0.3) is 0 Å². The van der Waals surface area contributed by atoms with Crippen LogP contribution in [0.3, 0.4) is 0 Å². The molecule has 0 aromatic rings. The van der Waals surface area contributed by atoms with Crippen LogP contribution in [0.15, 0.2) is 0 Å². The SMILES string of the molecule is O=C(NCCC1CCCC1)NC(C(=O)O)C1CC1. The second kappa shape index (κ2) is 6.07. The van der Waals surface area contributed by atoms with E-state index in [1.807, 2.05) is 0 Å². The molecule has 2 saturated carbocycles. The van der Waals surface area contributed by atoms with Crippen LogP contribution in [0.2, 0.25) is 0 Å². The fourth-order valence-corrected chi connectivity index (χ4v) is 2.69. The van der Waals surface area contributed by atoms with E-state index in [0.717, 1.165) is 25.2 Å². The van der Waals surface area contributed by atoms with Gasteiger partial charge in [-0.2, -0.15) is 0 Å². The van der Waals surface area contributed by atoms with Crippen LogP contribution in [0.25, 0.3) is 0 Å². The summed E-state index contributed by atoms with van der Waals surface area (Å²) in [5, 5.41) is 14.3. The fraction of sp³-hybridized carbons (Fsp3) is 0.846. The maximum Gasteiger partial charge on any atom is 0.326 e. The van der Waals surface area contributed by atoms with Crippen LogP contribution in [0.5, 0.6) is 0 Å². The number of carbonyl (C=O) groups is 2. The molecule has 0 heterocycles. The van der Waals surface area contributed by atoms with Gasteiger partial charge in [0.05, 0.1) is 0 Å². The Kier molecular flexibility index (Phi) is 4.44. The van der Waals surface area contributed by atoms with Crippen molar-refractivity contribution in [1.29, 1.82) is 0 Å². The smallest absolute Gasteiger partial charge is 0.326 e. The molecule has 0 spiro atoms. The Bertz CT molecular complexity index is 309. The lowest BCUT2D eigenvalue weighted by atomic mass is 10.0. The Morgan fingerprint density at radius 2 is 1.83 bits per heavy atom. The highest BCUT2D eigenvalue weighted by Gasteiger charge is 2.37. The van der Waals surface area contributed by atoms with Crippen LogP contribution in [0.4, 0.5) is 4.79 Å². The summed E-state index contributed by atoms with van der Waals surface area (Å²) in [6.45, 7) is 0.646. The van der Waals surface area contributed by atoms with Crippen molar-refractivity contribution in [3.63, 3.8) is 0 Å².